The third-order valence-corrected chi connectivity index (χ3v) is 5.82. The summed E-state index contributed by atoms with van der Waals surface area (Å²) in [5, 5.41) is 2.11. The number of aryl methyl sites for hydroxylation is 2. The lowest BCUT2D eigenvalue weighted by molar-refractivity contribution is 0.162. The van der Waals surface area contributed by atoms with Gasteiger partial charge in [-0.15, -0.1) is 11.3 Å². The van der Waals surface area contributed by atoms with Crippen LogP contribution in [0.5, 0.6) is 17.2 Å². The summed E-state index contributed by atoms with van der Waals surface area (Å²) in [5.41, 5.74) is 5.29. The molecule has 0 saturated carbocycles. The Balaban J connectivity index is 2.24. The molecule has 1 atom stereocenters. The Morgan fingerprint density at radius 3 is 2.03 bits per heavy atom. The summed E-state index contributed by atoms with van der Waals surface area (Å²) in [6, 6.07) is 10.3. The van der Waals surface area contributed by atoms with Crippen molar-refractivity contribution in [3.8, 4) is 28.5 Å². The molecule has 6 nitrogen and oxygen atoms in total. The lowest BCUT2D eigenvalue weighted by Crippen LogP contribution is -2.23. The van der Waals surface area contributed by atoms with Crippen molar-refractivity contribution in [2.24, 2.45) is 4.99 Å². The molecule has 3 aromatic rings. The summed E-state index contributed by atoms with van der Waals surface area (Å²) in [6.45, 7) is 6.86. The van der Waals surface area contributed by atoms with Gasteiger partial charge in [0, 0.05) is 18.1 Å². The molecule has 0 radical (unpaired) electrons. The van der Waals surface area contributed by atoms with Gasteiger partial charge in [-0.05, 0) is 56.2 Å². The zero-order valence-corrected chi connectivity index (χ0v) is 20.0. The zero-order chi connectivity index (χ0) is 22.5. The van der Waals surface area contributed by atoms with Crippen LogP contribution in [-0.4, -0.2) is 39.6 Å². The number of methoxy groups -OCH3 is 4. The van der Waals surface area contributed by atoms with E-state index in [2.05, 4.69) is 48.9 Å². The van der Waals surface area contributed by atoms with Gasteiger partial charge in [-0.3, -0.25) is 0 Å². The van der Waals surface area contributed by atoms with Gasteiger partial charge in [0.1, 0.15) is 0 Å². The maximum absolute atomic E-state index is 5.56. The quantitative estimate of drug-likeness (QED) is 0.475. The van der Waals surface area contributed by atoms with Crippen LogP contribution in [-0.2, 0) is 4.74 Å². The standard InChI is InChI=1S/C24H30N2O4S/c1-15-8-16(2)10-19(9-15)25-24-26(17(3)13-27-4)20(14-31-24)18-11-21(28-5)23(30-7)22(12-18)29-6/h8-12,14,17H,13H2,1-7H3. The monoisotopic (exact) mass is 442 g/mol. The Bertz CT molecular complexity index is 1070. The normalized spacial score (nSPS) is 12.7. The number of benzene rings is 2. The number of hydrogen-bond acceptors (Lipinski definition) is 6. The lowest BCUT2D eigenvalue weighted by atomic mass is 10.1. The molecule has 166 valence electrons. The molecule has 1 unspecified atom stereocenters. The predicted octanol–water partition coefficient (Wildman–Crippen LogP) is 5.30. The van der Waals surface area contributed by atoms with Crippen LogP contribution in [0.1, 0.15) is 24.1 Å². The van der Waals surface area contributed by atoms with Gasteiger partial charge in [0.2, 0.25) is 5.75 Å². The highest BCUT2D eigenvalue weighted by molar-refractivity contribution is 7.07. The third-order valence-electron chi connectivity index (χ3n) is 4.98. The van der Waals surface area contributed by atoms with Crippen molar-refractivity contribution in [2.75, 3.05) is 35.0 Å². The second-order valence-electron chi connectivity index (χ2n) is 7.45. The second-order valence-corrected chi connectivity index (χ2v) is 8.29. The molecule has 1 aromatic heterocycles. The van der Waals surface area contributed by atoms with Gasteiger partial charge in [0.05, 0.1) is 45.4 Å². The molecule has 0 saturated heterocycles. The molecular formula is C24H30N2O4S. The van der Waals surface area contributed by atoms with E-state index in [1.54, 1.807) is 39.8 Å². The van der Waals surface area contributed by atoms with E-state index in [1.807, 2.05) is 12.1 Å². The maximum Gasteiger partial charge on any atom is 0.203 e. The van der Waals surface area contributed by atoms with Crippen LogP contribution < -0.4 is 19.0 Å². The van der Waals surface area contributed by atoms with Crippen molar-refractivity contribution in [1.29, 1.82) is 0 Å². The fourth-order valence-electron chi connectivity index (χ4n) is 3.71. The summed E-state index contributed by atoms with van der Waals surface area (Å²) in [4.78, 5) is 5.87. The highest BCUT2D eigenvalue weighted by Crippen LogP contribution is 2.41. The Morgan fingerprint density at radius 1 is 0.903 bits per heavy atom. The number of nitrogens with zero attached hydrogens (tertiary/aromatic N) is 2. The lowest BCUT2D eigenvalue weighted by Gasteiger charge is -2.18. The molecule has 31 heavy (non-hydrogen) atoms. The van der Waals surface area contributed by atoms with Gasteiger partial charge in [-0.1, -0.05) is 6.07 Å². The summed E-state index contributed by atoms with van der Waals surface area (Å²) >= 11 is 1.60. The van der Waals surface area contributed by atoms with Crippen LogP contribution in [0.15, 0.2) is 40.7 Å². The van der Waals surface area contributed by atoms with Gasteiger partial charge >= 0.3 is 0 Å². The summed E-state index contributed by atoms with van der Waals surface area (Å²) < 4.78 is 24.3. The van der Waals surface area contributed by atoms with Crippen LogP contribution in [0.4, 0.5) is 5.69 Å². The molecule has 0 aliphatic carbocycles. The minimum absolute atomic E-state index is 0.0787. The second kappa shape index (κ2) is 10.0. The van der Waals surface area contributed by atoms with E-state index in [9.17, 15) is 0 Å². The van der Waals surface area contributed by atoms with E-state index in [-0.39, 0.29) is 6.04 Å². The molecule has 0 bridgehead atoms. The molecule has 1 heterocycles. The average Bonchev–Trinajstić information content (AvgIpc) is 3.15. The summed E-state index contributed by atoms with van der Waals surface area (Å²) in [5.74, 6) is 1.80. The van der Waals surface area contributed by atoms with Crippen LogP contribution in [0, 0.1) is 13.8 Å². The first-order chi connectivity index (χ1) is 14.9. The molecule has 0 aliphatic rings. The van der Waals surface area contributed by atoms with Crippen molar-refractivity contribution in [3.05, 3.63) is 51.6 Å². The molecular weight excluding hydrogens is 412 g/mol. The number of aromatic nitrogens is 1. The molecule has 0 amide bonds. The van der Waals surface area contributed by atoms with Crippen LogP contribution in [0.25, 0.3) is 11.3 Å². The van der Waals surface area contributed by atoms with Crippen LogP contribution in [0.3, 0.4) is 0 Å². The smallest absolute Gasteiger partial charge is 0.203 e. The fraction of sp³-hybridized carbons (Fsp3) is 0.375. The summed E-state index contributed by atoms with van der Waals surface area (Å²) in [6.07, 6.45) is 0. The first-order valence-electron chi connectivity index (χ1n) is 10.0. The predicted molar refractivity (Wildman–Crippen MR) is 125 cm³/mol. The molecule has 0 N–H and O–H groups in total. The van der Waals surface area contributed by atoms with Gasteiger partial charge in [-0.25, -0.2) is 4.99 Å². The van der Waals surface area contributed by atoms with Crippen molar-refractivity contribution in [2.45, 2.75) is 26.8 Å². The number of ether oxygens (including phenoxy) is 4. The van der Waals surface area contributed by atoms with Crippen LogP contribution in [0.2, 0.25) is 0 Å². The Hall–Kier alpha value is -2.77. The number of thiazole rings is 1. The van der Waals surface area contributed by atoms with Gasteiger partial charge in [0.15, 0.2) is 16.3 Å². The molecule has 0 spiro atoms. The largest absolute Gasteiger partial charge is 0.493 e. The fourth-order valence-corrected chi connectivity index (χ4v) is 4.73. The molecule has 7 heteroatoms. The van der Waals surface area contributed by atoms with E-state index in [1.165, 1.54) is 11.1 Å². The van der Waals surface area contributed by atoms with Crippen molar-refractivity contribution >= 4 is 17.0 Å². The van der Waals surface area contributed by atoms with Crippen LogP contribution >= 0.6 is 11.3 Å². The van der Waals surface area contributed by atoms with E-state index in [0.29, 0.717) is 23.9 Å². The topological polar surface area (TPSA) is 54.2 Å². The van der Waals surface area contributed by atoms with Crippen molar-refractivity contribution in [3.63, 3.8) is 0 Å². The minimum atomic E-state index is 0.0787. The molecule has 0 fully saturated rings. The minimum Gasteiger partial charge on any atom is -0.493 e. The van der Waals surface area contributed by atoms with E-state index < -0.39 is 0 Å². The highest BCUT2D eigenvalue weighted by Gasteiger charge is 2.19. The Morgan fingerprint density at radius 2 is 1.52 bits per heavy atom. The average molecular weight is 443 g/mol. The van der Waals surface area contributed by atoms with Gasteiger partial charge < -0.3 is 23.5 Å². The van der Waals surface area contributed by atoms with Crippen molar-refractivity contribution in [1.82, 2.24) is 4.57 Å². The van der Waals surface area contributed by atoms with E-state index >= 15 is 0 Å². The SMILES string of the molecule is COCC(C)n1c(-c2cc(OC)c(OC)c(OC)c2)csc1=Nc1cc(C)cc(C)c1. The van der Waals surface area contributed by atoms with E-state index in [0.717, 1.165) is 21.7 Å². The van der Waals surface area contributed by atoms with Crippen molar-refractivity contribution < 1.29 is 18.9 Å². The van der Waals surface area contributed by atoms with Gasteiger partial charge in [0.25, 0.3) is 0 Å². The van der Waals surface area contributed by atoms with Gasteiger partial charge in [-0.2, -0.15) is 0 Å². The number of rotatable bonds is 8. The zero-order valence-electron chi connectivity index (χ0n) is 19.2. The first kappa shape index (κ1) is 22.9. The highest BCUT2D eigenvalue weighted by atomic mass is 32.1. The first-order valence-corrected chi connectivity index (χ1v) is 10.9. The maximum atomic E-state index is 5.56. The number of hydrogen-bond donors (Lipinski definition) is 0. The Kier molecular flexibility index (Phi) is 7.41. The molecule has 0 aliphatic heterocycles. The van der Waals surface area contributed by atoms with E-state index in [4.69, 9.17) is 23.9 Å². The molecule has 2 aromatic carbocycles. The molecule has 3 rings (SSSR count). The Labute approximate surface area is 187 Å². The third kappa shape index (κ3) is 4.94. The summed E-state index contributed by atoms with van der Waals surface area (Å²) in [7, 11) is 6.56.